The van der Waals surface area contributed by atoms with E-state index in [1.807, 2.05) is 12.1 Å². The summed E-state index contributed by atoms with van der Waals surface area (Å²) in [7, 11) is 0.461. The number of aryl methyl sites for hydroxylation is 1. The second-order valence-electron chi connectivity index (χ2n) is 3.91. The summed E-state index contributed by atoms with van der Waals surface area (Å²) in [6, 6.07) is 5.82. The monoisotopic (exact) mass is 244 g/mol. The van der Waals surface area contributed by atoms with Crippen molar-refractivity contribution < 1.29 is 17.5 Å². The highest BCUT2D eigenvalue weighted by molar-refractivity contribution is 7.97. The van der Waals surface area contributed by atoms with Crippen LogP contribution in [-0.4, -0.2) is 16.6 Å². The van der Waals surface area contributed by atoms with E-state index < -0.39 is 0 Å². The van der Waals surface area contributed by atoms with Crippen molar-refractivity contribution in [1.29, 1.82) is 0 Å². The highest BCUT2D eigenvalue weighted by atomic mass is 35.5. The van der Waals surface area contributed by atoms with Crippen molar-refractivity contribution >= 4 is 10.9 Å². The van der Waals surface area contributed by atoms with E-state index in [9.17, 15) is 5.11 Å². The fourth-order valence-electron chi connectivity index (χ4n) is 2.01. The van der Waals surface area contributed by atoms with Crippen LogP contribution in [0.25, 0.3) is 0 Å². The van der Waals surface area contributed by atoms with Gasteiger partial charge in [-0.25, -0.2) is 0 Å². The topological polar surface area (TPSA) is 20.2 Å². The zero-order valence-corrected chi connectivity index (χ0v) is 10.6. The van der Waals surface area contributed by atoms with Gasteiger partial charge < -0.3 is 17.5 Å². The van der Waals surface area contributed by atoms with Crippen molar-refractivity contribution in [3.63, 3.8) is 0 Å². The van der Waals surface area contributed by atoms with Crippen LogP contribution in [0.2, 0.25) is 0 Å². The molecule has 0 radical (unpaired) electrons. The van der Waals surface area contributed by atoms with Crippen molar-refractivity contribution in [2.75, 3.05) is 11.5 Å². The molecule has 0 saturated carbocycles. The van der Waals surface area contributed by atoms with Crippen LogP contribution >= 0.6 is 0 Å². The lowest BCUT2D eigenvalue weighted by atomic mass is 10.2. The van der Waals surface area contributed by atoms with Gasteiger partial charge in [0, 0.05) is 16.5 Å². The molecule has 0 amide bonds. The zero-order valence-electron chi connectivity index (χ0n) is 9.00. The lowest BCUT2D eigenvalue weighted by Gasteiger charge is -2.14. The predicted molar refractivity (Wildman–Crippen MR) is 62.1 cm³/mol. The zero-order chi connectivity index (χ0) is 9.97. The Bertz CT molecular complexity index is 321. The van der Waals surface area contributed by atoms with Crippen molar-refractivity contribution in [2.24, 2.45) is 0 Å². The average Bonchev–Trinajstić information content (AvgIpc) is 2.19. The number of aromatic hydroxyl groups is 1. The first-order valence-corrected chi connectivity index (χ1v) is 6.81. The Morgan fingerprint density at radius 1 is 1.13 bits per heavy atom. The molecule has 1 aromatic rings. The summed E-state index contributed by atoms with van der Waals surface area (Å²) in [6.07, 6.45) is 4.16. The Balaban J connectivity index is 0.00000112. The summed E-state index contributed by atoms with van der Waals surface area (Å²) in [5.41, 5.74) is 1.26. The Hall–Kier alpha value is -0.340. The minimum absolute atomic E-state index is 0. The molecule has 1 aliphatic heterocycles. The lowest BCUT2D eigenvalue weighted by Crippen LogP contribution is -3.00. The molecule has 1 aromatic carbocycles. The maximum atomic E-state index is 9.34. The van der Waals surface area contributed by atoms with E-state index in [1.165, 1.54) is 41.2 Å². The van der Waals surface area contributed by atoms with Crippen LogP contribution in [0, 0.1) is 6.92 Å². The van der Waals surface area contributed by atoms with Gasteiger partial charge in [0.15, 0.2) is 4.90 Å². The van der Waals surface area contributed by atoms with Crippen molar-refractivity contribution in [3.05, 3.63) is 23.8 Å². The first-order valence-electron chi connectivity index (χ1n) is 5.24. The van der Waals surface area contributed by atoms with Crippen LogP contribution in [0.1, 0.15) is 24.8 Å². The third-order valence-electron chi connectivity index (χ3n) is 2.75. The molecular weight excluding hydrogens is 228 g/mol. The number of hydrogen-bond donors (Lipinski definition) is 1. The molecule has 84 valence electrons. The summed E-state index contributed by atoms with van der Waals surface area (Å²) in [5, 5.41) is 9.34. The van der Waals surface area contributed by atoms with Crippen LogP contribution in [0.5, 0.6) is 5.75 Å². The van der Waals surface area contributed by atoms with Crippen LogP contribution in [-0.2, 0) is 10.9 Å². The highest BCUT2D eigenvalue weighted by Crippen LogP contribution is 2.27. The summed E-state index contributed by atoms with van der Waals surface area (Å²) in [4.78, 5) is 1.47. The molecule has 1 heterocycles. The fourth-order valence-corrected chi connectivity index (χ4v) is 4.53. The van der Waals surface area contributed by atoms with Gasteiger partial charge >= 0.3 is 0 Å². The van der Waals surface area contributed by atoms with Crippen LogP contribution in [0.15, 0.2) is 23.1 Å². The molecular formula is C12H17ClOS. The first kappa shape index (κ1) is 12.7. The van der Waals surface area contributed by atoms with Crippen molar-refractivity contribution in [3.8, 4) is 5.75 Å². The number of benzene rings is 1. The predicted octanol–water partition coefficient (Wildman–Crippen LogP) is -0.134. The molecule has 0 spiro atoms. The minimum Gasteiger partial charge on any atom is -1.00 e. The van der Waals surface area contributed by atoms with Crippen LogP contribution in [0.4, 0.5) is 0 Å². The smallest absolute Gasteiger partial charge is 0.158 e. The Morgan fingerprint density at radius 2 is 1.80 bits per heavy atom. The van der Waals surface area contributed by atoms with Gasteiger partial charge in [-0.15, -0.1) is 0 Å². The normalized spacial score (nSPS) is 17.1. The van der Waals surface area contributed by atoms with Gasteiger partial charge in [0.25, 0.3) is 0 Å². The first-order chi connectivity index (χ1) is 6.77. The molecule has 0 unspecified atom stereocenters. The summed E-state index contributed by atoms with van der Waals surface area (Å²) >= 11 is 0. The molecule has 0 aliphatic carbocycles. The lowest BCUT2D eigenvalue weighted by molar-refractivity contribution is -0.00000406. The third kappa shape index (κ3) is 3.05. The molecule has 1 fully saturated rings. The van der Waals surface area contributed by atoms with E-state index in [-0.39, 0.29) is 12.4 Å². The van der Waals surface area contributed by atoms with E-state index in [0.717, 1.165) is 0 Å². The fraction of sp³-hybridized carbons (Fsp3) is 0.500. The SMILES string of the molecule is Cc1cc(O)ccc1[S+]1CCCCC1.[Cl-]. The second kappa shape index (κ2) is 5.66. The molecule has 3 heteroatoms. The molecule has 1 aliphatic rings. The van der Waals surface area contributed by atoms with Gasteiger partial charge in [-0.1, -0.05) is 0 Å². The van der Waals surface area contributed by atoms with E-state index >= 15 is 0 Å². The number of hydrogen-bond acceptors (Lipinski definition) is 1. The molecule has 1 saturated heterocycles. The minimum atomic E-state index is 0. The number of rotatable bonds is 1. The third-order valence-corrected chi connectivity index (χ3v) is 5.39. The maximum Gasteiger partial charge on any atom is 0.158 e. The summed E-state index contributed by atoms with van der Waals surface area (Å²) < 4.78 is 0. The number of phenols is 1. The van der Waals surface area contributed by atoms with Gasteiger partial charge in [-0.05, 0) is 44.4 Å². The quantitative estimate of drug-likeness (QED) is 0.683. The van der Waals surface area contributed by atoms with Crippen LogP contribution < -0.4 is 12.4 Å². The van der Waals surface area contributed by atoms with Gasteiger partial charge in [0.05, 0.1) is 0 Å². The Labute approximate surface area is 101 Å². The van der Waals surface area contributed by atoms with Gasteiger partial charge in [-0.3, -0.25) is 0 Å². The second-order valence-corrected chi connectivity index (χ2v) is 6.15. The largest absolute Gasteiger partial charge is 1.00 e. The average molecular weight is 245 g/mol. The molecule has 0 bridgehead atoms. The highest BCUT2D eigenvalue weighted by Gasteiger charge is 2.26. The standard InChI is InChI=1S/C12H16OS.ClH/c1-10-9-11(13)5-6-12(10)14-7-3-2-4-8-14;/h5-6,9H,2-4,7-8H2,1H3;1H. The number of halogens is 1. The summed E-state index contributed by atoms with van der Waals surface area (Å²) in [6.45, 7) is 2.11. The van der Waals surface area contributed by atoms with Gasteiger partial charge in [-0.2, -0.15) is 0 Å². The Morgan fingerprint density at radius 3 is 2.40 bits per heavy atom. The molecule has 15 heavy (non-hydrogen) atoms. The molecule has 1 N–H and O–H groups in total. The van der Waals surface area contributed by atoms with Crippen LogP contribution in [0.3, 0.4) is 0 Å². The number of phenolic OH excluding ortho intramolecular Hbond substituents is 1. The van der Waals surface area contributed by atoms with E-state index in [4.69, 9.17) is 0 Å². The van der Waals surface area contributed by atoms with E-state index in [1.54, 1.807) is 0 Å². The Kier molecular flexibility index (Phi) is 4.81. The van der Waals surface area contributed by atoms with Crippen molar-refractivity contribution in [2.45, 2.75) is 31.1 Å². The molecule has 0 aromatic heterocycles. The van der Waals surface area contributed by atoms with Crippen molar-refractivity contribution in [1.82, 2.24) is 0 Å². The molecule has 1 nitrogen and oxygen atoms in total. The summed E-state index contributed by atoms with van der Waals surface area (Å²) in [5.74, 6) is 3.10. The maximum absolute atomic E-state index is 9.34. The van der Waals surface area contributed by atoms with Gasteiger partial charge in [0.2, 0.25) is 0 Å². The van der Waals surface area contributed by atoms with Gasteiger partial charge in [0.1, 0.15) is 17.3 Å². The molecule has 0 atom stereocenters. The van der Waals surface area contributed by atoms with E-state index in [0.29, 0.717) is 16.6 Å². The van der Waals surface area contributed by atoms with E-state index in [2.05, 4.69) is 13.0 Å². The molecule has 2 rings (SSSR count).